The van der Waals surface area contributed by atoms with Gasteiger partial charge < -0.3 is 4.74 Å². The lowest BCUT2D eigenvalue weighted by Crippen LogP contribution is -2.05. The molecule has 86 valence electrons. The maximum Gasteiger partial charge on any atom is 0.196 e. The topological polar surface area (TPSA) is 39.2 Å². The first kappa shape index (κ1) is 11.3. The SMILES string of the molecule is CCOc1ccccc1C(=O)c1ccncc1. The van der Waals surface area contributed by atoms with Crippen molar-refractivity contribution in [2.75, 3.05) is 6.61 Å². The first-order valence-electron chi connectivity index (χ1n) is 5.49. The number of carbonyl (C=O) groups excluding carboxylic acids is 1. The van der Waals surface area contributed by atoms with Crippen LogP contribution in [0.15, 0.2) is 48.8 Å². The van der Waals surface area contributed by atoms with Gasteiger partial charge in [-0.3, -0.25) is 9.78 Å². The fourth-order valence-electron chi connectivity index (χ4n) is 1.59. The Balaban J connectivity index is 2.37. The van der Waals surface area contributed by atoms with Crippen LogP contribution < -0.4 is 4.74 Å². The second-order valence-electron chi connectivity index (χ2n) is 3.49. The van der Waals surface area contributed by atoms with Crippen LogP contribution in [-0.4, -0.2) is 17.4 Å². The van der Waals surface area contributed by atoms with Crippen molar-refractivity contribution in [2.45, 2.75) is 6.92 Å². The van der Waals surface area contributed by atoms with Gasteiger partial charge in [0.05, 0.1) is 12.2 Å². The monoisotopic (exact) mass is 227 g/mol. The van der Waals surface area contributed by atoms with E-state index in [-0.39, 0.29) is 5.78 Å². The highest BCUT2D eigenvalue weighted by Gasteiger charge is 2.13. The highest BCUT2D eigenvalue weighted by molar-refractivity contribution is 6.10. The van der Waals surface area contributed by atoms with Gasteiger partial charge in [-0.2, -0.15) is 0 Å². The molecule has 0 radical (unpaired) electrons. The molecule has 0 saturated heterocycles. The van der Waals surface area contributed by atoms with Gasteiger partial charge in [-0.15, -0.1) is 0 Å². The lowest BCUT2D eigenvalue weighted by molar-refractivity contribution is 0.103. The number of para-hydroxylation sites is 1. The Bertz CT molecular complexity index is 509. The minimum atomic E-state index is -0.0450. The summed E-state index contributed by atoms with van der Waals surface area (Å²) in [7, 11) is 0. The number of rotatable bonds is 4. The van der Waals surface area contributed by atoms with E-state index in [4.69, 9.17) is 4.74 Å². The number of hydrogen-bond acceptors (Lipinski definition) is 3. The fourth-order valence-corrected chi connectivity index (χ4v) is 1.59. The van der Waals surface area contributed by atoms with Crippen LogP contribution in [0.4, 0.5) is 0 Å². The Hall–Kier alpha value is -2.16. The number of benzene rings is 1. The molecule has 17 heavy (non-hydrogen) atoms. The van der Waals surface area contributed by atoms with Crippen molar-refractivity contribution in [2.24, 2.45) is 0 Å². The Morgan fingerprint density at radius 1 is 1.18 bits per heavy atom. The van der Waals surface area contributed by atoms with E-state index in [9.17, 15) is 4.79 Å². The number of pyridine rings is 1. The summed E-state index contributed by atoms with van der Waals surface area (Å²) < 4.78 is 5.44. The fraction of sp³-hybridized carbons (Fsp3) is 0.143. The Morgan fingerprint density at radius 3 is 2.59 bits per heavy atom. The maximum atomic E-state index is 12.2. The molecule has 0 spiro atoms. The second kappa shape index (κ2) is 5.25. The molecule has 2 aromatic rings. The van der Waals surface area contributed by atoms with E-state index in [1.54, 1.807) is 36.7 Å². The summed E-state index contributed by atoms with van der Waals surface area (Å²) in [6, 6.07) is 10.7. The molecule has 0 fully saturated rings. The molecule has 0 aliphatic rings. The molecule has 1 aromatic carbocycles. The zero-order valence-electron chi connectivity index (χ0n) is 9.59. The van der Waals surface area contributed by atoms with Crippen molar-refractivity contribution in [3.05, 3.63) is 59.9 Å². The van der Waals surface area contributed by atoms with E-state index in [1.807, 2.05) is 19.1 Å². The van der Waals surface area contributed by atoms with Crippen LogP contribution in [0.2, 0.25) is 0 Å². The summed E-state index contributed by atoms with van der Waals surface area (Å²) in [5.74, 6) is 0.577. The van der Waals surface area contributed by atoms with Gasteiger partial charge >= 0.3 is 0 Å². The molecule has 2 rings (SSSR count). The van der Waals surface area contributed by atoms with Gasteiger partial charge in [-0.25, -0.2) is 0 Å². The number of carbonyl (C=O) groups is 1. The molecule has 0 aliphatic heterocycles. The molecule has 3 heteroatoms. The molecule has 1 aromatic heterocycles. The van der Waals surface area contributed by atoms with E-state index in [0.717, 1.165) is 0 Å². The number of hydrogen-bond donors (Lipinski definition) is 0. The third-order valence-electron chi connectivity index (χ3n) is 2.37. The van der Waals surface area contributed by atoms with Gasteiger partial charge in [0, 0.05) is 18.0 Å². The van der Waals surface area contributed by atoms with Crippen LogP contribution in [0.25, 0.3) is 0 Å². The highest BCUT2D eigenvalue weighted by atomic mass is 16.5. The lowest BCUT2D eigenvalue weighted by atomic mass is 10.0. The normalized spacial score (nSPS) is 9.94. The smallest absolute Gasteiger partial charge is 0.196 e. The van der Waals surface area contributed by atoms with Crippen molar-refractivity contribution in [3.63, 3.8) is 0 Å². The molecular formula is C14H13NO2. The minimum Gasteiger partial charge on any atom is -0.493 e. The van der Waals surface area contributed by atoms with E-state index in [1.165, 1.54) is 0 Å². The number of ether oxygens (including phenoxy) is 1. The number of ketones is 1. The lowest BCUT2D eigenvalue weighted by Gasteiger charge is -2.08. The summed E-state index contributed by atoms with van der Waals surface area (Å²) in [6.45, 7) is 2.44. The maximum absolute atomic E-state index is 12.2. The van der Waals surface area contributed by atoms with Crippen LogP contribution in [0.1, 0.15) is 22.8 Å². The predicted molar refractivity (Wildman–Crippen MR) is 65.3 cm³/mol. The summed E-state index contributed by atoms with van der Waals surface area (Å²) in [5.41, 5.74) is 1.20. The molecule has 0 atom stereocenters. The molecule has 0 amide bonds. The molecule has 0 aliphatic carbocycles. The Labute approximate surface area is 100 Å². The molecule has 3 nitrogen and oxygen atoms in total. The molecule has 0 saturated carbocycles. The summed E-state index contributed by atoms with van der Waals surface area (Å²) in [6.07, 6.45) is 3.22. The molecule has 0 N–H and O–H groups in total. The highest BCUT2D eigenvalue weighted by Crippen LogP contribution is 2.21. The van der Waals surface area contributed by atoms with Crippen molar-refractivity contribution in [1.82, 2.24) is 4.98 Å². The zero-order valence-corrected chi connectivity index (χ0v) is 9.59. The van der Waals surface area contributed by atoms with Crippen LogP contribution in [0, 0.1) is 0 Å². The van der Waals surface area contributed by atoms with Gasteiger partial charge in [-0.05, 0) is 31.2 Å². The average Bonchev–Trinajstić information content (AvgIpc) is 2.40. The van der Waals surface area contributed by atoms with Gasteiger partial charge in [0.15, 0.2) is 5.78 Å². The second-order valence-corrected chi connectivity index (χ2v) is 3.49. The van der Waals surface area contributed by atoms with Gasteiger partial charge in [-0.1, -0.05) is 12.1 Å². The van der Waals surface area contributed by atoms with Gasteiger partial charge in [0.25, 0.3) is 0 Å². The summed E-state index contributed by atoms with van der Waals surface area (Å²) >= 11 is 0. The van der Waals surface area contributed by atoms with Crippen molar-refractivity contribution in [1.29, 1.82) is 0 Å². The molecule has 0 unspecified atom stereocenters. The quantitative estimate of drug-likeness (QED) is 0.754. The Kier molecular flexibility index (Phi) is 3.50. The largest absolute Gasteiger partial charge is 0.493 e. The number of aromatic nitrogens is 1. The predicted octanol–water partition coefficient (Wildman–Crippen LogP) is 2.71. The van der Waals surface area contributed by atoms with Crippen LogP contribution >= 0.6 is 0 Å². The summed E-state index contributed by atoms with van der Waals surface area (Å²) in [5, 5.41) is 0. The van der Waals surface area contributed by atoms with E-state index in [2.05, 4.69) is 4.98 Å². The molecule has 0 bridgehead atoms. The third kappa shape index (κ3) is 2.50. The average molecular weight is 227 g/mol. The van der Waals surface area contributed by atoms with Gasteiger partial charge in [0.2, 0.25) is 0 Å². The van der Waals surface area contributed by atoms with Crippen molar-refractivity contribution in [3.8, 4) is 5.75 Å². The van der Waals surface area contributed by atoms with Crippen LogP contribution in [-0.2, 0) is 0 Å². The van der Waals surface area contributed by atoms with Crippen molar-refractivity contribution < 1.29 is 9.53 Å². The molecular weight excluding hydrogens is 214 g/mol. The minimum absolute atomic E-state index is 0.0450. The zero-order chi connectivity index (χ0) is 12.1. The van der Waals surface area contributed by atoms with Crippen molar-refractivity contribution >= 4 is 5.78 Å². The number of nitrogens with zero attached hydrogens (tertiary/aromatic N) is 1. The molecule has 1 heterocycles. The summed E-state index contributed by atoms with van der Waals surface area (Å²) in [4.78, 5) is 16.1. The standard InChI is InChI=1S/C14H13NO2/c1-2-17-13-6-4-3-5-12(13)14(16)11-7-9-15-10-8-11/h3-10H,2H2,1H3. The Morgan fingerprint density at radius 2 is 1.88 bits per heavy atom. The first-order chi connectivity index (χ1) is 8.33. The third-order valence-corrected chi connectivity index (χ3v) is 2.37. The van der Waals surface area contributed by atoms with Crippen LogP contribution in [0.3, 0.4) is 0 Å². The first-order valence-corrected chi connectivity index (χ1v) is 5.49. The van der Waals surface area contributed by atoms with E-state index in [0.29, 0.717) is 23.5 Å². The van der Waals surface area contributed by atoms with E-state index < -0.39 is 0 Å². The van der Waals surface area contributed by atoms with Gasteiger partial charge in [0.1, 0.15) is 5.75 Å². The van der Waals surface area contributed by atoms with E-state index >= 15 is 0 Å². The van der Waals surface area contributed by atoms with Crippen LogP contribution in [0.5, 0.6) is 5.75 Å².